The third kappa shape index (κ3) is 4.77. The number of esters is 1. The van der Waals surface area contributed by atoms with Crippen LogP contribution in [0.25, 0.3) is 17.5 Å². The molecule has 0 radical (unpaired) electrons. The predicted octanol–water partition coefficient (Wildman–Crippen LogP) is 4.05. The molecule has 1 heterocycles. The Morgan fingerprint density at radius 3 is 2.63 bits per heavy atom. The molecule has 0 N–H and O–H groups in total. The van der Waals surface area contributed by atoms with E-state index in [1.54, 1.807) is 30.3 Å². The van der Waals surface area contributed by atoms with Gasteiger partial charge in [0.1, 0.15) is 0 Å². The number of nitrogens with zero attached hydrogens (tertiary/aromatic N) is 3. The average molecular weight is 386 g/mol. The van der Waals surface area contributed by atoms with Crippen LogP contribution in [0.1, 0.15) is 11.5 Å². The first-order valence-corrected chi connectivity index (χ1v) is 8.07. The fourth-order valence-corrected chi connectivity index (χ4v) is 2.30. The van der Waals surface area contributed by atoms with Crippen molar-refractivity contribution in [3.8, 4) is 11.5 Å². The van der Waals surface area contributed by atoms with E-state index in [2.05, 4.69) is 10.2 Å². The average Bonchev–Trinajstić information content (AvgIpc) is 3.15. The zero-order valence-electron chi connectivity index (χ0n) is 13.7. The third-order valence-electron chi connectivity index (χ3n) is 3.43. The minimum atomic E-state index is -0.593. The molecule has 0 aliphatic rings. The number of nitro benzene ring substituents is 1. The molecule has 3 rings (SSSR count). The van der Waals surface area contributed by atoms with Crippen molar-refractivity contribution in [1.29, 1.82) is 0 Å². The molecule has 136 valence electrons. The lowest BCUT2D eigenvalue weighted by atomic mass is 10.2. The molecule has 0 amide bonds. The Morgan fingerprint density at radius 2 is 1.93 bits per heavy atom. The smallest absolute Gasteiger partial charge is 0.331 e. The van der Waals surface area contributed by atoms with E-state index in [-0.39, 0.29) is 24.1 Å². The number of aromatic nitrogens is 2. The first-order valence-electron chi connectivity index (χ1n) is 7.69. The van der Waals surface area contributed by atoms with Crippen LogP contribution in [0.3, 0.4) is 0 Å². The standard InChI is InChI=1S/C18H12ClN3O5/c19-15-4-2-1-3-12(15)7-10-17(23)26-11-16-20-21-18(27-16)13-5-8-14(9-6-13)22(24)25/h1-10H,11H2/b10-7+. The molecule has 0 atom stereocenters. The Balaban J connectivity index is 1.58. The second-order valence-electron chi connectivity index (χ2n) is 5.27. The predicted molar refractivity (Wildman–Crippen MR) is 96.7 cm³/mol. The van der Waals surface area contributed by atoms with Gasteiger partial charge in [-0.25, -0.2) is 4.79 Å². The second kappa shape index (κ2) is 8.24. The molecule has 0 spiro atoms. The normalized spacial score (nSPS) is 10.9. The Labute approximate surface area is 158 Å². The van der Waals surface area contributed by atoms with Crippen molar-refractivity contribution in [2.75, 3.05) is 0 Å². The van der Waals surface area contributed by atoms with Gasteiger partial charge in [0, 0.05) is 28.8 Å². The molecule has 9 heteroatoms. The number of nitro groups is 1. The van der Waals surface area contributed by atoms with Crippen LogP contribution in [-0.2, 0) is 16.1 Å². The summed E-state index contributed by atoms with van der Waals surface area (Å²) < 4.78 is 10.4. The van der Waals surface area contributed by atoms with Crippen LogP contribution >= 0.6 is 11.6 Å². The summed E-state index contributed by atoms with van der Waals surface area (Å²) in [5.41, 5.74) is 1.16. The lowest BCUT2D eigenvalue weighted by Crippen LogP contribution is -2.00. The summed E-state index contributed by atoms with van der Waals surface area (Å²) in [4.78, 5) is 21.9. The van der Waals surface area contributed by atoms with Gasteiger partial charge in [0.15, 0.2) is 6.61 Å². The lowest BCUT2D eigenvalue weighted by molar-refractivity contribution is -0.384. The van der Waals surface area contributed by atoms with Crippen molar-refractivity contribution in [3.63, 3.8) is 0 Å². The van der Waals surface area contributed by atoms with Gasteiger partial charge < -0.3 is 9.15 Å². The van der Waals surface area contributed by atoms with Gasteiger partial charge in [-0.15, -0.1) is 10.2 Å². The van der Waals surface area contributed by atoms with E-state index >= 15 is 0 Å². The number of benzene rings is 2. The minimum absolute atomic E-state index is 0.0438. The number of ether oxygens (including phenoxy) is 1. The third-order valence-corrected chi connectivity index (χ3v) is 3.78. The number of non-ortho nitro benzene ring substituents is 1. The van der Waals surface area contributed by atoms with Crippen molar-refractivity contribution in [1.82, 2.24) is 10.2 Å². The van der Waals surface area contributed by atoms with E-state index in [4.69, 9.17) is 20.8 Å². The van der Waals surface area contributed by atoms with Crippen molar-refractivity contribution in [2.24, 2.45) is 0 Å². The molecule has 0 fully saturated rings. The van der Waals surface area contributed by atoms with Crippen molar-refractivity contribution in [2.45, 2.75) is 6.61 Å². The highest BCUT2D eigenvalue weighted by Gasteiger charge is 2.12. The number of carbonyl (C=O) groups excluding carboxylic acids is 1. The summed E-state index contributed by atoms with van der Waals surface area (Å²) >= 11 is 5.99. The van der Waals surface area contributed by atoms with E-state index < -0.39 is 10.9 Å². The molecule has 3 aromatic rings. The fourth-order valence-electron chi connectivity index (χ4n) is 2.10. The Bertz CT molecular complexity index is 998. The summed E-state index contributed by atoms with van der Waals surface area (Å²) in [6.45, 7) is -0.203. The van der Waals surface area contributed by atoms with Crippen molar-refractivity contribution in [3.05, 3.63) is 81.2 Å². The van der Waals surface area contributed by atoms with Crippen LogP contribution in [0.15, 0.2) is 59.0 Å². The zero-order chi connectivity index (χ0) is 19.2. The van der Waals surface area contributed by atoms with Crippen molar-refractivity contribution < 1.29 is 18.9 Å². The molecule has 0 bridgehead atoms. The molecule has 2 aromatic carbocycles. The largest absolute Gasteiger partial charge is 0.452 e. The molecule has 0 saturated heterocycles. The Hall–Kier alpha value is -3.52. The molecule has 1 aromatic heterocycles. The SMILES string of the molecule is O=C(/C=C/c1ccccc1Cl)OCc1nnc(-c2ccc([N+](=O)[O-])cc2)o1. The van der Waals surface area contributed by atoms with Crippen LogP contribution < -0.4 is 0 Å². The highest BCUT2D eigenvalue weighted by atomic mass is 35.5. The molecule has 0 aliphatic carbocycles. The van der Waals surface area contributed by atoms with E-state index in [0.717, 1.165) is 0 Å². The zero-order valence-corrected chi connectivity index (χ0v) is 14.5. The molecular formula is C18H12ClN3O5. The summed E-state index contributed by atoms with van der Waals surface area (Å²) in [6.07, 6.45) is 2.79. The molecule has 0 unspecified atom stereocenters. The molecule has 27 heavy (non-hydrogen) atoms. The fraction of sp³-hybridized carbons (Fsp3) is 0.0556. The number of halogens is 1. The van der Waals surface area contributed by atoms with Crippen LogP contribution in [0.5, 0.6) is 0 Å². The van der Waals surface area contributed by atoms with Gasteiger partial charge in [0.05, 0.1) is 4.92 Å². The Kier molecular flexibility index (Phi) is 5.58. The van der Waals surface area contributed by atoms with E-state index in [9.17, 15) is 14.9 Å². The molecule has 0 saturated carbocycles. The minimum Gasteiger partial charge on any atom is -0.452 e. The number of hydrogen-bond acceptors (Lipinski definition) is 7. The lowest BCUT2D eigenvalue weighted by Gasteiger charge is -1.98. The van der Waals surface area contributed by atoms with Gasteiger partial charge in [0.25, 0.3) is 11.6 Å². The quantitative estimate of drug-likeness (QED) is 0.272. The van der Waals surface area contributed by atoms with Crippen LogP contribution in [0, 0.1) is 10.1 Å². The number of rotatable bonds is 6. The van der Waals surface area contributed by atoms with E-state index in [1.807, 2.05) is 0 Å². The van der Waals surface area contributed by atoms with Crippen LogP contribution in [-0.4, -0.2) is 21.1 Å². The maximum Gasteiger partial charge on any atom is 0.331 e. The summed E-state index contributed by atoms with van der Waals surface area (Å²) in [5.74, 6) is -0.324. The molecule has 0 aliphatic heterocycles. The topological polar surface area (TPSA) is 108 Å². The Morgan fingerprint density at radius 1 is 1.19 bits per heavy atom. The second-order valence-corrected chi connectivity index (χ2v) is 5.67. The van der Waals surface area contributed by atoms with Crippen molar-refractivity contribution >= 4 is 29.3 Å². The highest BCUT2D eigenvalue weighted by molar-refractivity contribution is 6.32. The van der Waals surface area contributed by atoms with E-state index in [0.29, 0.717) is 16.1 Å². The van der Waals surface area contributed by atoms with Gasteiger partial charge in [-0.1, -0.05) is 29.8 Å². The van der Waals surface area contributed by atoms with Crippen LogP contribution in [0.4, 0.5) is 5.69 Å². The monoisotopic (exact) mass is 385 g/mol. The molecule has 8 nitrogen and oxygen atoms in total. The maximum atomic E-state index is 11.8. The first-order chi connectivity index (χ1) is 13.0. The number of carbonyl (C=O) groups is 1. The van der Waals surface area contributed by atoms with Gasteiger partial charge in [-0.3, -0.25) is 10.1 Å². The summed E-state index contributed by atoms with van der Waals surface area (Å²) in [5, 5.41) is 18.8. The maximum absolute atomic E-state index is 11.8. The summed E-state index contributed by atoms with van der Waals surface area (Å²) in [7, 11) is 0. The highest BCUT2D eigenvalue weighted by Crippen LogP contribution is 2.21. The van der Waals surface area contributed by atoms with Crippen LogP contribution in [0.2, 0.25) is 5.02 Å². The number of hydrogen-bond donors (Lipinski definition) is 0. The summed E-state index contributed by atoms with van der Waals surface area (Å²) in [6, 6.07) is 12.7. The van der Waals surface area contributed by atoms with E-state index in [1.165, 1.54) is 30.3 Å². The van der Waals surface area contributed by atoms with Gasteiger partial charge in [-0.2, -0.15) is 0 Å². The van der Waals surface area contributed by atoms with Gasteiger partial charge in [-0.05, 0) is 29.8 Å². The van der Waals surface area contributed by atoms with Gasteiger partial charge in [0.2, 0.25) is 5.89 Å². The first kappa shape index (κ1) is 18.3. The molecular weight excluding hydrogens is 374 g/mol. The van der Waals surface area contributed by atoms with Gasteiger partial charge >= 0.3 is 5.97 Å².